The molecule has 0 saturated carbocycles. The zero-order valence-electron chi connectivity index (χ0n) is 12.0. The molecule has 7 heteroatoms. The summed E-state index contributed by atoms with van der Waals surface area (Å²) in [5.41, 5.74) is 0.535. The largest absolute Gasteiger partial charge is 0.319 e. The van der Waals surface area contributed by atoms with Gasteiger partial charge >= 0.3 is 0 Å². The first kappa shape index (κ1) is 15.7. The number of nitrogens with one attached hydrogen (secondary N) is 1. The molecule has 3 aromatic rings. The summed E-state index contributed by atoms with van der Waals surface area (Å²) in [6.45, 7) is 0. The summed E-state index contributed by atoms with van der Waals surface area (Å²) in [6.07, 6.45) is 0. The van der Waals surface area contributed by atoms with Crippen LogP contribution in [-0.2, 0) is 7.05 Å². The third-order valence-electron chi connectivity index (χ3n) is 3.35. The topological polar surface area (TPSA) is 64.0 Å². The van der Waals surface area contributed by atoms with Crippen molar-refractivity contribution in [2.75, 3.05) is 5.32 Å². The Labute approximate surface area is 145 Å². The van der Waals surface area contributed by atoms with Gasteiger partial charge in [-0.05, 0) is 46.3 Å². The SMILES string of the molecule is Cn1nc(C(=O)Nc2ccccc2Br)c(=O)c2cc(Cl)ccc21. The number of rotatable bonds is 2. The first-order valence-corrected chi connectivity index (χ1v) is 7.87. The number of fused-ring (bicyclic) bond motifs is 1. The van der Waals surface area contributed by atoms with Gasteiger partial charge in [-0.1, -0.05) is 23.7 Å². The zero-order chi connectivity index (χ0) is 16.6. The summed E-state index contributed by atoms with van der Waals surface area (Å²) in [6, 6.07) is 12.0. The number of carbonyl (C=O) groups is 1. The lowest BCUT2D eigenvalue weighted by Crippen LogP contribution is -2.26. The van der Waals surface area contributed by atoms with Gasteiger partial charge in [-0.2, -0.15) is 5.10 Å². The average Bonchev–Trinajstić information content (AvgIpc) is 2.53. The summed E-state index contributed by atoms with van der Waals surface area (Å²) in [5, 5.41) is 7.55. The maximum Gasteiger partial charge on any atom is 0.280 e. The van der Waals surface area contributed by atoms with Crippen molar-refractivity contribution in [1.29, 1.82) is 0 Å². The molecule has 0 aliphatic rings. The number of amides is 1. The van der Waals surface area contributed by atoms with Gasteiger partial charge in [-0.3, -0.25) is 14.3 Å². The molecule has 0 spiro atoms. The predicted molar refractivity (Wildman–Crippen MR) is 94.1 cm³/mol. The van der Waals surface area contributed by atoms with Gasteiger partial charge in [-0.25, -0.2) is 0 Å². The number of para-hydroxylation sites is 1. The highest BCUT2D eigenvalue weighted by Crippen LogP contribution is 2.22. The average molecular weight is 393 g/mol. The molecular weight excluding hydrogens is 382 g/mol. The fourth-order valence-electron chi connectivity index (χ4n) is 2.24. The lowest BCUT2D eigenvalue weighted by Gasteiger charge is -2.09. The molecule has 2 aromatic carbocycles. The lowest BCUT2D eigenvalue weighted by atomic mass is 10.2. The zero-order valence-corrected chi connectivity index (χ0v) is 14.4. The van der Waals surface area contributed by atoms with E-state index in [1.54, 1.807) is 37.4 Å². The molecule has 0 aliphatic carbocycles. The maximum absolute atomic E-state index is 12.5. The molecule has 1 heterocycles. The Balaban J connectivity index is 2.09. The number of nitrogens with zero attached hydrogens (tertiary/aromatic N) is 2. The number of halogens is 2. The van der Waals surface area contributed by atoms with Crippen LogP contribution in [0, 0.1) is 0 Å². The van der Waals surface area contributed by atoms with Crippen LogP contribution in [0.4, 0.5) is 5.69 Å². The van der Waals surface area contributed by atoms with Crippen molar-refractivity contribution in [2.24, 2.45) is 7.05 Å². The third kappa shape index (κ3) is 3.00. The van der Waals surface area contributed by atoms with E-state index in [1.807, 2.05) is 6.07 Å². The molecule has 0 bridgehead atoms. The Hall–Kier alpha value is -2.18. The van der Waals surface area contributed by atoms with Crippen LogP contribution < -0.4 is 10.7 Å². The van der Waals surface area contributed by atoms with Gasteiger partial charge in [0.05, 0.1) is 16.6 Å². The predicted octanol–water partition coefficient (Wildman–Crippen LogP) is 3.60. The van der Waals surface area contributed by atoms with E-state index in [2.05, 4.69) is 26.3 Å². The minimum Gasteiger partial charge on any atom is -0.319 e. The molecule has 0 fully saturated rings. The highest BCUT2D eigenvalue weighted by Gasteiger charge is 2.17. The summed E-state index contributed by atoms with van der Waals surface area (Å²) in [7, 11) is 1.67. The van der Waals surface area contributed by atoms with E-state index in [4.69, 9.17) is 11.6 Å². The molecule has 116 valence electrons. The molecule has 5 nitrogen and oxygen atoms in total. The van der Waals surface area contributed by atoms with Gasteiger partial charge in [0.25, 0.3) is 5.91 Å². The van der Waals surface area contributed by atoms with E-state index in [-0.39, 0.29) is 5.69 Å². The van der Waals surface area contributed by atoms with Crippen molar-refractivity contribution in [3.05, 3.63) is 67.9 Å². The van der Waals surface area contributed by atoms with Gasteiger partial charge in [0, 0.05) is 16.5 Å². The van der Waals surface area contributed by atoms with E-state index < -0.39 is 11.3 Å². The fraction of sp³-hybridized carbons (Fsp3) is 0.0625. The molecule has 0 aliphatic heterocycles. The number of aryl methyl sites for hydroxylation is 1. The van der Waals surface area contributed by atoms with E-state index in [1.165, 1.54) is 10.7 Å². The van der Waals surface area contributed by atoms with Gasteiger partial charge < -0.3 is 5.32 Å². The van der Waals surface area contributed by atoms with Crippen LogP contribution in [0.3, 0.4) is 0 Å². The lowest BCUT2D eigenvalue weighted by molar-refractivity contribution is 0.101. The van der Waals surface area contributed by atoms with E-state index >= 15 is 0 Å². The smallest absolute Gasteiger partial charge is 0.280 e. The minimum absolute atomic E-state index is 0.182. The number of hydrogen-bond donors (Lipinski definition) is 1. The maximum atomic E-state index is 12.5. The van der Waals surface area contributed by atoms with Crippen molar-refractivity contribution in [3.63, 3.8) is 0 Å². The molecule has 0 radical (unpaired) electrons. The standard InChI is InChI=1S/C16H11BrClN3O2/c1-21-13-7-6-9(18)8-10(13)15(22)14(20-21)16(23)19-12-5-3-2-4-11(12)17/h2-8H,1H3,(H,19,23). The van der Waals surface area contributed by atoms with Gasteiger partial charge in [0.15, 0.2) is 5.69 Å². The second kappa shape index (κ2) is 6.14. The second-order valence-corrected chi connectivity index (χ2v) is 6.19. The van der Waals surface area contributed by atoms with Crippen LogP contribution in [-0.4, -0.2) is 15.7 Å². The Morgan fingerprint density at radius 2 is 2.00 bits per heavy atom. The Bertz CT molecular complexity index is 985. The molecular formula is C16H11BrClN3O2. The monoisotopic (exact) mass is 391 g/mol. The van der Waals surface area contributed by atoms with Crippen molar-refractivity contribution in [1.82, 2.24) is 9.78 Å². The molecule has 1 N–H and O–H groups in total. The second-order valence-electron chi connectivity index (χ2n) is 4.90. The Kier molecular flexibility index (Phi) is 4.19. The first-order valence-electron chi connectivity index (χ1n) is 6.70. The number of hydrogen-bond acceptors (Lipinski definition) is 3. The fourth-order valence-corrected chi connectivity index (χ4v) is 2.80. The van der Waals surface area contributed by atoms with Crippen LogP contribution in [0.2, 0.25) is 5.02 Å². The summed E-state index contributed by atoms with van der Waals surface area (Å²) >= 11 is 9.29. The molecule has 3 rings (SSSR count). The minimum atomic E-state index is -0.570. The molecule has 1 aromatic heterocycles. The molecule has 23 heavy (non-hydrogen) atoms. The summed E-state index contributed by atoms with van der Waals surface area (Å²) in [5.74, 6) is -0.570. The quantitative estimate of drug-likeness (QED) is 0.725. The van der Waals surface area contributed by atoms with E-state index in [0.29, 0.717) is 26.1 Å². The van der Waals surface area contributed by atoms with Crippen molar-refractivity contribution in [3.8, 4) is 0 Å². The molecule has 0 atom stereocenters. The first-order chi connectivity index (χ1) is 11.0. The molecule has 0 unspecified atom stereocenters. The van der Waals surface area contributed by atoms with Crippen molar-refractivity contribution < 1.29 is 4.79 Å². The van der Waals surface area contributed by atoms with Crippen LogP contribution in [0.25, 0.3) is 10.9 Å². The molecule has 0 saturated heterocycles. The van der Waals surface area contributed by atoms with Gasteiger partial charge in [0.2, 0.25) is 5.43 Å². The number of carbonyl (C=O) groups excluding carboxylic acids is 1. The van der Waals surface area contributed by atoms with Crippen LogP contribution in [0.1, 0.15) is 10.5 Å². The molecule has 1 amide bonds. The van der Waals surface area contributed by atoms with Crippen LogP contribution in [0.15, 0.2) is 51.7 Å². The van der Waals surface area contributed by atoms with Crippen LogP contribution in [0.5, 0.6) is 0 Å². The highest BCUT2D eigenvalue weighted by atomic mass is 79.9. The normalized spacial score (nSPS) is 10.7. The Morgan fingerprint density at radius 1 is 1.26 bits per heavy atom. The summed E-state index contributed by atoms with van der Waals surface area (Å²) < 4.78 is 2.20. The van der Waals surface area contributed by atoms with Gasteiger partial charge in [0.1, 0.15) is 0 Å². The van der Waals surface area contributed by atoms with E-state index in [0.717, 1.165) is 0 Å². The van der Waals surface area contributed by atoms with Crippen molar-refractivity contribution >= 4 is 50.0 Å². The highest BCUT2D eigenvalue weighted by molar-refractivity contribution is 9.10. The number of benzene rings is 2. The van der Waals surface area contributed by atoms with Crippen molar-refractivity contribution in [2.45, 2.75) is 0 Å². The number of aromatic nitrogens is 2. The number of anilines is 1. The summed E-state index contributed by atoms with van der Waals surface area (Å²) in [4.78, 5) is 25.0. The third-order valence-corrected chi connectivity index (χ3v) is 4.28. The van der Waals surface area contributed by atoms with Gasteiger partial charge in [-0.15, -0.1) is 0 Å². The van der Waals surface area contributed by atoms with Crippen LogP contribution >= 0.6 is 27.5 Å². The Morgan fingerprint density at radius 3 is 2.74 bits per heavy atom. The van der Waals surface area contributed by atoms with E-state index in [9.17, 15) is 9.59 Å².